The molecule has 7 nitrogen and oxygen atoms in total. The molecule has 0 unspecified atom stereocenters. The number of unbranched alkanes of at least 4 members (excludes halogenated alkanes) is 1. The van der Waals surface area contributed by atoms with Crippen LogP contribution in [0, 0.1) is 15.9 Å². The van der Waals surface area contributed by atoms with Crippen LogP contribution >= 0.6 is 27.5 Å². The van der Waals surface area contributed by atoms with Crippen LogP contribution in [0.5, 0.6) is 0 Å². The maximum Gasteiger partial charge on any atom is 0.271 e. The van der Waals surface area contributed by atoms with E-state index in [-0.39, 0.29) is 28.5 Å². The molecule has 0 atom stereocenters. The Kier molecular flexibility index (Phi) is 7.07. The van der Waals surface area contributed by atoms with Crippen molar-refractivity contribution in [2.45, 2.75) is 32.6 Å². The summed E-state index contributed by atoms with van der Waals surface area (Å²) in [6, 6.07) is 8.51. The molecule has 10 heteroatoms. The van der Waals surface area contributed by atoms with Gasteiger partial charge in [-0.1, -0.05) is 46.9 Å². The van der Waals surface area contributed by atoms with Crippen LogP contribution in [0.3, 0.4) is 0 Å². The highest BCUT2D eigenvalue weighted by atomic mass is 79.9. The van der Waals surface area contributed by atoms with Gasteiger partial charge in [0.05, 0.1) is 21.3 Å². The second-order valence-electron chi connectivity index (χ2n) is 6.96. The lowest BCUT2D eigenvalue weighted by molar-refractivity contribution is -0.384. The summed E-state index contributed by atoms with van der Waals surface area (Å²) in [4.78, 5) is 23.1. The van der Waals surface area contributed by atoms with Crippen LogP contribution in [0.15, 0.2) is 40.9 Å². The van der Waals surface area contributed by atoms with E-state index in [9.17, 15) is 19.3 Å². The average molecular weight is 510 g/mol. The maximum atomic E-state index is 14.5. The number of non-ortho nitro benzene ring substituents is 1. The monoisotopic (exact) mass is 508 g/mol. The SMILES string of the molecule is CCCCc1nn(-c2cc([N+](=O)[O-])ccc2Cl)c(C(N)=O)c1Cc1ccc(Br)cc1F. The molecule has 2 aromatic carbocycles. The molecule has 0 spiro atoms. The zero-order chi connectivity index (χ0) is 22.7. The van der Waals surface area contributed by atoms with Gasteiger partial charge < -0.3 is 5.73 Å². The van der Waals surface area contributed by atoms with E-state index in [0.29, 0.717) is 27.7 Å². The third-order valence-electron chi connectivity index (χ3n) is 4.82. The number of primary amides is 1. The highest BCUT2D eigenvalue weighted by Gasteiger charge is 2.25. The molecule has 3 rings (SSSR count). The number of nitro groups is 1. The number of carbonyl (C=O) groups is 1. The number of carbonyl (C=O) groups excluding carboxylic acids is 1. The number of aromatic nitrogens is 2. The van der Waals surface area contributed by atoms with Crippen molar-refractivity contribution in [3.63, 3.8) is 0 Å². The van der Waals surface area contributed by atoms with Gasteiger partial charge in [-0.25, -0.2) is 9.07 Å². The maximum absolute atomic E-state index is 14.5. The van der Waals surface area contributed by atoms with Gasteiger partial charge in [0, 0.05) is 28.6 Å². The fraction of sp³-hybridized carbons (Fsp3) is 0.238. The lowest BCUT2D eigenvalue weighted by Gasteiger charge is -2.09. The summed E-state index contributed by atoms with van der Waals surface area (Å²) in [6.07, 6.45) is 2.28. The molecule has 1 aromatic heterocycles. The first-order valence-corrected chi connectivity index (χ1v) is 10.7. The van der Waals surface area contributed by atoms with E-state index in [1.165, 1.54) is 28.9 Å². The quantitative estimate of drug-likeness (QED) is 0.326. The second kappa shape index (κ2) is 9.57. The van der Waals surface area contributed by atoms with Gasteiger partial charge in [-0.2, -0.15) is 5.10 Å². The Morgan fingerprint density at radius 1 is 1.32 bits per heavy atom. The van der Waals surface area contributed by atoms with Crippen molar-refractivity contribution in [3.8, 4) is 5.69 Å². The number of rotatable bonds is 8. The number of nitrogens with two attached hydrogens (primary N) is 1. The minimum absolute atomic E-state index is 0.0239. The van der Waals surface area contributed by atoms with Gasteiger partial charge in [-0.3, -0.25) is 14.9 Å². The molecule has 0 saturated heterocycles. The first kappa shape index (κ1) is 22.9. The number of nitro benzene ring substituents is 1. The predicted molar refractivity (Wildman–Crippen MR) is 119 cm³/mol. The molecule has 0 radical (unpaired) electrons. The van der Waals surface area contributed by atoms with Crippen LogP contribution in [0.4, 0.5) is 10.1 Å². The number of aryl methyl sites for hydroxylation is 1. The second-order valence-corrected chi connectivity index (χ2v) is 8.28. The summed E-state index contributed by atoms with van der Waals surface area (Å²) < 4.78 is 16.3. The van der Waals surface area contributed by atoms with Gasteiger partial charge in [0.1, 0.15) is 11.5 Å². The summed E-state index contributed by atoms with van der Waals surface area (Å²) in [5.74, 6) is -1.22. The Morgan fingerprint density at radius 3 is 2.68 bits per heavy atom. The van der Waals surface area contributed by atoms with Crippen molar-refractivity contribution in [1.82, 2.24) is 9.78 Å². The standard InChI is InChI=1S/C21H19BrClFN4O3/c1-2-3-4-18-15(9-12-5-6-13(22)10-17(12)24)20(21(25)29)27(26-18)19-11-14(28(30)31)7-8-16(19)23/h5-8,10-11H,2-4,9H2,1H3,(H2,25,29). The third kappa shape index (κ3) is 4.94. The lowest BCUT2D eigenvalue weighted by atomic mass is 9.99. The Balaban J connectivity index is 2.23. The largest absolute Gasteiger partial charge is 0.364 e. The molecule has 1 amide bonds. The van der Waals surface area contributed by atoms with Crippen LogP contribution in [-0.2, 0) is 12.8 Å². The molecule has 0 aliphatic carbocycles. The van der Waals surface area contributed by atoms with Crippen molar-refractivity contribution in [2.75, 3.05) is 0 Å². The molecule has 0 bridgehead atoms. The summed E-state index contributed by atoms with van der Waals surface area (Å²) in [5.41, 5.74) is 7.07. The zero-order valence-corrected chi connectivity index (χ0v) is 18.9. The molecule has 162 valence electrons. The van der Waals surface area contributed by atoms with E-state index in [1.807, 2.05) is 6.92 Å². The average Bonchev–Trinajstić information content (AvgIpc) is 3.06. The van der Waals surface area contributed by atoms with E-state index < -0.39 is 16.6 Å². The van der Waals surface area contributed by atoms with E-state index in [4.69, 9.17) is 17.3 Å². The van der Waals surface area contributed by atoms with Crippen LogP contribution in [0.2, 0.25) is 5.02 Å². The summed E-state index contributed by atoms with van der Waals surface area (Å²) in [7, 11) is 0. The van der Waals surface area contributed by atoms with Gasteiger partial charge in [-0.15, -0.1) is 0 Å². The fourth-order valence-corrected chi connectivity index (χ4v) is 3.82. The van der Waals surface area contributed by atoms with Crippen molar-refractivity contribution in [3.05, 3.63) is 84.3 Å². The molecule has 1 heterocycles. The van der Waals surface area contributed by atoms with Crippen LogP contribution in [0.1, 0.15) is 47.1 Å². The van der Waals surface area contributed by atoms with Crippen molar-refractivity contribution in [1.29, 1.82) is 0 Å². The predicted octanol–water partition coefficient (Wildman–Crippen LogP) is 5.37. The zero-order valence-electron chi connectivity index (χ0n) is 16.6. The first-order valence-electron chi connectivity index (χ1n) is 9.51. The Morgan fingerprint density at radius 2 is 2.06 bits per heavy atom. The molecule has 0 fully saturated rings. The minimum Gasteiger partial charge on any atom is -0.364 e. The van der Waals surface area contributed by atoms with E-state index in [1.54, 1.807) is 12.1 Å². The molecular formula is C21H19BrClFN4O3. The molecule has 3 aromatic rings. The van der Waals surface area contributed by atoms with E-state index in [0.717, 1.165) is 12.8 Å². The number of hydrogen-bond acceptors (Lipinski definition) is 4. The van der Waals surface area contributed by atoms with Crippen LogP contribution in [-0.4, -0.2) is 20.6 Å². The van der Waals surface area contributed by atoms with Gasteiger partial charge in [0.15, 0.2) is 0 Å². The van der Waals surface area contributed by atoms with Crippen molar-refractivity contribution < 1.29 is 14.1 Å². The fourth-order valence-electron chi connectivity index (χ4n) is 3.29. The molecule has 0 aliphatic rings. The summed E-state index contributed by atoms with van der Waals surface area (Å²) in [6.45, 7) is 2.01. The molecule has 0 saturated carbocycles. The number of amides is 1. The third-order valence-corrected chi connectivity index (χ3v) is 5.63. The van der Waals surface area contributed by atoms with Gasteiger partial charge >= 0.3 is 0 Å². The van der Waals surface area contributed by atoms with E-state index in [2.05, 4.69) is 21.0 Å². The minimum atomic E-state index is -0.787. The van der Waals surface area contributed by atoms with Crippen molar-refractivity contribution >= 4 is 39.1 Å². The number of benzene rings is 2. The summed E-state index contributed by atoms with van der Waals surface area (Å²) in [5, 5.41) is 15.9. The molecular weight excluding hydrogens is 491 g/mol. The van der Waals surface area contributed by atoms with Gasteiger partial charge in [-0.05, 0) is 36.6 Å². The van der Waals surface area contributed by atoms with E-state index >= 15 is 0 Å². The summed E-state index contributed by atoms with van der Waals surface area (Å²) >= 11 is 9.51. The lowest BCUT2D eigenvalue weighted by Crippen LogP contribution is -2.19. The normalized spacial score (nSPS) is 11.0. The Bertz CT molecular complexity index is 1170. The van der Waals surface area contributed by atoms with Crippen molar-refractivity contribution in [2.24, 2.45) is 5.73 Å². The van der Waals surface area contributed by atoms with Crippen LogP contribution in [0.25, 0.3) is 5.69 Å². The molecule has 2 N–H and O–H groups in total. The van der Waals surface area contributed by atoms with Gasteiger partial charge in [0.2, 0.25) is 0 Å². The Hall–Kier alpha value is -2.78. The number of nitrogens with zero attached hydrogens (tertiary/aromatic N) is 3. The highest BCUT2D eigenvalue weighted by molar-refractivity contribution is 9.10. The first-order chi connectivity index (χ1) is 14.7. The van der Waals surface area contributed by atoms with Gasteiger partial charge in [0.25, 0.3) is 11.6 Å². The highest BCUT2D eigenvalue weighted by Crippen LogP contribution is 2.30. The Labute approximate surface area is 191 Å². The smallest absolute Gasteiger partial charge is 0.271 e. The number of halogens is 3. The van der Waals surface area contributed by atoms with Crippen LogP contribution < -0.4 is 5.73 Å². The topological polar surface area (TPSA) is 104 Å². The molecule has 0 aliphatic heterocycles. The number of hydrogen-bond donors (Lipinski definition) is 1. The molecule has 31 heavy (non-hydrogen) atoms.